The second-order valence-corrected chi connectivity index (χ2v) is 5.29. The van der Waals surface area contributed by atoms with Crippen molar-refractivity contribution in [2.24, 2.45) is 29.1 Å². The lowest BCUT2D eigenvalue weighted by Gasteiger charge is -2.54. The van der Waals surface area contributed by atoms with Crippen molar-refractivity contribution in [3.8, 4) is 0 Å². The smallest absolute Gasteiger partial charge is 0.139 e. The normalized spacial score (nSPS) is 54.9. The number of hydrogen-bond acceptors (Lipinski definition) is 1. The van der Waals surface area contributed by atoms with Gasteiger partial charge in [-0.05, 0) is 36.5 Å². The fraction of sp³-hybridized carbons (Fsp3) is 0.909. The van der Waals surface area contributed by atoms with Gasteiger partial charge in [0, 0.05) is 11.8 Å². The van der Waals surface area contributed by atoms with E-state index in [-0.39, 0.29) is 0 Å². The standard InChI is InChI=1S/C11H16O/c1-6(2)11-5-7-3-8(11)4-9(11)10(7)12/h6-9H,3-5H2,1-2H3. The van der Waals surface area contributed by atoms with Crippen LogP contribution in [0.5, 0.6) is 0 Å². The van der Waals surface area contributed by atoms with Gasteiger partial charge in [-0.2, -0.15) is 0 Å². The summed E-state index contributed by atoms with van der Waals surface area (Å²) >= 11 is 0. The molecule has 4 unspecified atom stereocenters. The molecule has 0 amide bonds. The molecule has 0 saturated heterocycles. The van der Waals surface area contributed by atoms with Gasteiger partial charge in [-0.1, -0.05) is 13.8 Å². The molecule has 3 aliphatic carbocycles. The first-order valence-corrected chi connectivity index (χ1v) is 5.20. The third-order valence-electron chi connectivity index (χ3n) is 4.92. The van der Waals surface area contributed by atoms with Crippen LogP contribution in [0.4, 0.5) is 0 Å². The Labute approximate surface area is 73.5 Å². The molecule has 0 aromatic heterocycles. The average Bonchev–Trinajstić information content (AvgIpc) is 2.36. The van der Waals surface area contributed by atoms with Gasteiger partial charge in [0.25, 0.3) is 0 Å². The van der Waals surface area contributed by atoms with Crippen molar-refractivity contribution in [3.05, 3.63) is 0 Å². The van der Waals surface area contributed by atoms with Crippen molar-refractivity contribution < 1.29 is 4.79 Å². The highest BCUT2D eigenvalue weighted by atomic mass is 16.1. The summed E-state index contributed by atoms with van der Waals surface area (Å²) in [7, 11) is 0. The third-order valence-corrected chi connectivity index (χ3v) is 4.92. The van der Waals surface area contributed by atoms with Crippen LogP contribution < -0.4 is 0 Å². The number of carbonyl (C=O) groups excluding carboxylic acids is 1. The van der Waals surface area contributed by atoms with E-state index in [4.69, 9.17) is 0 Å². The summed E-state index contributed by atoms with van der Waals surface area (Å²) in [5.41, 5.74) is 0.488. The predicted octanol–water partition coefficient (Wildman–Crippen LogP) is 2.26. The van der Waals surface area contributed by atoms with Crippen LogP contribution in [0, 0.1) is 29.1 Å². The summed E-state index contributed by atoms with van der Waals surface area (Å²) in [6.07, 6.45) is 3.69. The van der Waals surface area contributed by atoms with Crippen LogP contribution in [-0.4, -0.2) is 5.78 Å². The van der Waals surface area contributed by atoms with Gasteiger partial charge in [0.2, 0.25) is 0 Å². The maximum absolute atomic E-state index is 11.7. The molecule has 3 rings (SSSR count). The zero-order valence-corrected chi connectivity index (χ0v) is 7.84. The van der Waals surface area contributed by atoms with E-state index in [1.807, 2.05) is 0 Å². The van der Waals surface area contributed by atoms with Crippen LogP contribution in [0.3, 0.4) is 0 Å². The van der Waals surface area contributed by atoms with Crippen molar-refractivity contribution in [2.75, 3.05) is 0 Å². The summed E-state index contributed by atoms with van der Waals surface area (Å²) < 4.78 is 0. The van der Waals surface area contributed by atoms with E-state index in [1.165, 1.54) is 19.3 Å². The Morgan fingerprint density at radius 1 is 1.42 bits per heavy atom. The summed E-state index contributed by atoms with van der Waals surface area (Å²) in [6.45, 7) is 4.61. The molecule has 3 saturated carbocycles. The molecule has 0 aromatic carbocycles. The van der Waals surface area contributed by atoms with E-state index in [9.17, 15) is 4.79 Å². The molecule has 0 N–H and O–H groups in total. The molecule has 0 spiro atoms. The fourth-order valence-corrected chi connectivity index (χ4v) is 4.32. The lowest BCUT2D eigenvalue weighted by Crippen LogP contribution is -2.52. The zero-order valence-electron chi connectivity index (χ0n) is 7.84. The molecule has 0 radical (unpaired) electrons. The summed E-state index contributed by atoms with van der Waals surface area (Å²) in [5.74, 6) is 3.24. The number of fused-ring (bicyclic) bond motifs is 1. The van der Waals surface area contributed by atoms with Crippen molar-refractivity contribution >= 4 is 5.78 Å². The Morgan fingerprint density at radius 3 is 2.50 bits per heavy atom. The van der Waals surface area contributed by atoms with Gasteiger partial charge >= 0.3 is 0 Å². The molecule has 1 heteroatoms. The quantitative estimate of drug-likeness (QED) is 0.581. The van der Waals surface area contributed by atoms with Gasteiger partial charge in [0.15, 0.2) is 0 Å². The fourth-order valence-electron chi connectivity index (χ4n) is 4.32. The molecule has 0 aromatic rings. The van der Waals surface area contributed by atoms with Crippen molar-refractivity contribution in [2.45, 2.75) is 33.1 Å². The molecule has 4 atom stereocenters. The molecule has 3 aliphatic rings. The maximum atomic E-state index is 11.7. The van der Waals surface area contributed by atoms with E-state index in [1.54, 1.807) is 0 Å². The van der Waals surface area contributed by atoms with Crippen LogP contribution in [0.25, 0.3) is 0 Å². The first kappa shape index (κ1) is 7.11. The Bertz CT molecular complexity index is 256. The number of Topliss-reactive ketones (excluding diaryl/α,β-unsaturated/α-hetero) is 1. The highest BCUT2D eigenvalue weighted by Gasteiger charge is 2.70. The molecule has 12 heavy (non-hydrogen) atoms. The number of rotatable bonds is 1. The lowest BCUT2D eigenvalue weighted by atomic mass is 9.49. The maximum Gasteiger partial charge on any atom is 0.139 e. The molecule has 0 heterocycles. The van der Waals surface area contributed by atoms with E-state index < -0.39 is 0 Å². The highest BCUT2D eigenvalue weighted by molar-refractivity contribution is 5.90. The average molecular weight is 164 g/mol. The summed E-state index contributed by atoms with van der Waals surface area (Å²) in [6, 6.07) is 0. The summed E-state index contributed by atoms with van der Waals surface area (Å²) in [5, 5.41) is 0. The first-order valence-electron chi connectivity index (χ1n) is 5.20. The lowest BCUT2D eigenvalue weighted by molar-refractivity contribution is -0.144. The largest absolute Gasteiger partial charge is 0.299 e. The second-order valence-electron chi connectivity index (χ2n) is 5.29. The Hall–Kier alpha value is -0.330. The second kappa shape index (κ2) is 1.78. The summed E-state index contributed by atoms with van der Waals surface area (Å²) in [4.78, 5) is 11.7. The van der Waals surface area contributed by atoms with Gasteiger partial charge in [-0.15, -0.1) is 0 Å². The Kier molecular flexibility index (Phi) is 1.06. The number of hydrogen-bond donors (Lipinski definition) is 0. The molecule has 2 bridgehead atoms. The molecule has 66 valence electrons. The Morgan fingerprint density at radius 2 is 2.17 bits per heavy atom. The third kappa shape index (κ3) is 0.486. The molecular formula is C11H16O. The van der Waals surface area contributed by atoms with Gasteiger partial charge in [-0.25, -0.2) is 0 Å². The minimum absolute atomic E-state index is 0.483. The molecule has 1 nitrogen and oxygen atoms in total. The van der Waals surface area contributed by atoms with Crippen molar-refractivity contribution in [1.29, 1.82) is 0 Å². The van der Waals surface area contributed by atoms with Crippen LogP contribution in [0.2, 0.25) is 0 Å². The van der Waals surface area contributed by atoms with E-state index in [2.05, 4.69) is 13.8 Å². The molecular weight excluding hydrogens is 148 g/mol. The van der Waals surface area contributed by atoms with Gasteiger partial charge in [0.1, 0.15) is 5.78 Å². The van der Waals surface area contributed by atoms with Crippen LogP contribution in [0.15, 0.2) is 0 Å². The van der Waals surface area contributed by atoms with E-state index in [0.29, 0.717) is 23.0 Å². The molecule has 3 fully saturated rings. The number of ketones is 1. The van der Waals surface area contributed by atoms with Crippen LogP contribution in [0.1, 0.15) is 33.1 Å². The van der Waals surface area contributed by atoms with Crippen molar-refractivity contribution in [1.82, 2.24) is 0 Å². The van der Waals surface area contributed by atoms with Gasteiger partial charge in [0.05, 0.1) is 0 Å². The SMILES string of the molecule is CC(C)C12CC3CC1CC2C3=O. The highest BCUT2D eigenvalue weighted by Crippen LogP contribution is 2.72. The first-order chi connectivity index (χ1) is 5.66. The predicted molar refractivity (Wildman–Crippen MR) is 46.6 cm³/mol. The monoisotopic (exact) mass is 164 g/mol. The minimum Gasteiger partial charge on any atom is -0.299 e. The van der Waals surface area contributed by atoms with Crippen molar-refractivity contribution in [3.63, 3.8) is 0 Å². The topological polar surface area (TPSA) is 17.1 Å². The molecule has 0 aliphatic heterocycles. The Balaban J connectivity index is 2.05. The van der Waals surface area contributed by atoms with Crippen LogP contribution in [-0.2, 0) is 4.79 Å². The van der Waals surface area contributed by atoms with E-state index in [0.717, 1.165) is 11.8 Å². The van der Waals surface area contributed by atoms with E-state index >= 15 is 0 Å². The number of carbonyl (C=O) groups is 1. The van der Waals surface area contributed by atoms with Crippen LogP contribution >= 0.6 is 0 Å². The van der Waals surface area contributed by atoms with Gasteiger partial charge < -0.3 is 0 Å². The zero-order chi connectivity index (χ0) is 8.51. The van der Waals surface area contributed by atoms with Gasteiger partial charge in [-0.3, -0.25) is 4.79 Å². The minimum atomic E-state index is 0.483.